The Morgan fingerprint density at radius 3 is 2.28 bits per heavy atom. The first kappa shape index (κ1) is 11.3. The molecule has 2 aromatic carbocycles. The smallest absolute Gasteiger partial charge is 0.0402 e. The first-order valence-electron chi connectivity index (χ1n) is 6.76. The summed E-state index contributed by atoms with van der Waals surface area (Å²) in [4.78, 5) is 2.52. The Bertz CT molecular complexity index is 525. The van der Waals surface area contributed by atoms with E-state index < -0.39 is 0 Å². The lowest BCUT2D eigenvalue weighted by atomic mass is 9.99. The van der Waals surface area contributed by atoms with Gasteiger partial charge in [0.15, 0.2) is 0 Å². The molecule has 0 amide bonds. The van der Waals surface area contributed by atoms with Crippen molar-refractivity contribution in [2.75, 3.05) is 18.0 Å². The zero-order chi connectivity index (χ0) is 12.4. The summed E-state index contributed by atoms with van der Waals surface area (Å²) >= 11 is 0. The molecule has 0 unspecified atom stereocenters. The van der Waals surface area contributed by atoms with E-state index in [9.17, 15) is 0 Å². The Balaban J connectivity index is 2.04. The van der Waals surface area contributed by atoms with Gasteiger partial charge < -0.3 is 4.90 Å². The molecule has 0 N–H and O–H groups in total. The zero-order valence-electron chi connectivity index (χ0n) is 10.9. The second kappa shape index (κ2) is 4.85. The molecule has 92 valence electrons. The molecule has 1 aliphatic heterocycles. The number of anilines is 1. The lowest BCUT2D eigenvalue weighted by Crippen LogP contribution is -2.18. The minimum absolute atomic E-state index is 1.21. The van der Waals surface area contributed by atoms with Crippen LogP contribution in [-0.4, -0.2) is 13.1 Å². The fraction of sp³-hybridized carbons (Fsp3) is 0.294. The molecular formula is C17H19N. The van der Waals surface area contributed by atoms with Crippen molar-refractivity contribution >= 4 is 5.69 Å². The van der Waals surface area contributed by atoms with Gasteiger partial charge in [0.05, 0.1) is 0 Å². The Morgan fingerprint density at radius 2 is 1.56 bits per heavy atom. The summed E-state index contributed by atoms with van der Waals surface area (Å²) in [6, 6.07) is 17.3. The molecule has 1 saturated heterocycles. The summed E-state index contributed by atoms with van der Waals surface area (Å²) < 4.78 is 0. The molecule has 2 aromatic rings. The van der Waals surface area contributed by atoms with E-state index in [1.165, 1.54) is 48.3 Å². The second-order valence-electron chi connectivity index (χ2n) is 5.01. The highest BCUT2D eigenvalue weighted by Gasteiger charge is 2.15. The predicted molar refractivity (Wildman–Crippen MR) is 78.1 cm³/mol. The number of nitrogens with zero attached hydrogens (tertiary/aromatic N) is 1. The van der Waals surface area contributed by atoms with Crippen LogP contribution in [0.5, 0.6) is 0 Å². The predicted octanol–water partition coefficient (Wildman–Crippen LogP) is 4.26. The summed E-state index contributed by atoms with van der Waals surface area (Å²) in [6.45, 7) is 4.66. The van der Waals surface area contributed by atoms with Crippen LogP contribution in [0.4, 0.5) is 5.69 Å². The van der Waals surface area contributed by atoms with E-state index >= 15 is 0 Å². The van der Waals surface area contributed by atoms with Crippen LogP contribution in [0.25, 0.3) is 11.1 Å². The number of hydrogen-bond donors (Lipinski definition) is 0. The molecule has 1 heterocycles. The average molecular weight is 237 g/mol. The first-order chi connectivity index (χ1) is 8.86. The third kappa shape index (κ3) is 2.01. The van der Waals surface area contributed by atoms with Gasteiger partial charge in [0.1, 0.15) is 0 Å². The van der Waals surface area contributed by atoms with E-state index in [0.717, 1.165) is 0 Å². The summed E-state index contributed by atoms with van der Waals surface area (Å²) in [5.41, 5.74) is 5.50. The third-order valence-electron chi connectivity index (χ3n) is 3.84. The molecular weight excluding hydrogens is 218 g/mol. The van der Waals surface area contributed by atoms with Gasteiger partial charge in [-0.25, -0.2) is 0 Å². The highest BCUT2D eigenvalue weighted by Crippen LogP contribution is 2.32. The monoisotopic (exact) mass is 237 g/mol. The van der Waals surface area contributed by atoms with Gasteiger partial charge in [0.25, 0.3) is 0 Å². The molecule has 1 fully saturated rings. The first-order valence-corrected chi connectivity index (χ1v) is 6.76. The van der Waals surface area contributed by atoms with Crippen molar-refractivity contribution in [2.24, 2.45) is 0 Å². The van der Waals surface area contributed by atoms with E-state index in [2.05, 4.69) is 60.4 Å². The van der Waals surface area contributed by atoms with E-state index in [1.807, 2.05) is 0 Å². The maximum Gasteiger partial charge on any atom is 0.0402 e. The van der Waals surface area contributed by atoms with E-state index in [0.29, 0.717) is 0 Å². The van der Waals surface area contributed by atoms with Crippen LogP contribution in [0, 0.1) is 6.92 Å². The lowest BCUT2D eigenvalue weighted by Gasteiger charge is -2.22. The number of rotatable bonds is 2. The van der Waals surface area contributed by atoms with Crippen molar-refractivity contribution in [2.45, 2.75) is 19.8 Å². The lowest BCUT2D eigenvalue weighted by molar-refractivity contribution is 0.949. The van der Waals surface area contributed by atoms with Gasteiger partial charge in [-0.1, -0.05) is 42.5 Å². The van der Waals surface area contributed by atoms with Gasteiger partial charge in [-0.2, -0.15) is 0 Å². The fourth-order valence-electron chi connectivity index (χ4n) is 2.85. The van der Waals surface area contributed by atoms with Crippen molar-refractivity contribution in [3.05, 3.63) is 54.1 Å². The Hall–Kier alpha value is -1.76. The average Bonchev–Trinajstić information content (AvgIpc) is 2.94. The van der Waals surface area contributed by atoms with E-state index in [4.69, 9.17) is 0 Å². The van der Waals surface area contributed by atoms with Crippen LogP contribution in [0.3, 0.4) is 0 Å². The highest BCUT2D eigenvalue weighted by atomic mass is 15.1. The van der Waals surface area contributed by atoms with Crippen LogP contribution < -0.4 is 4.90 Å². The molecule has 18 heavy (non-hydrogen) atoms. The van der Waals surface area contributed by atoms with E-state index in [-0.39, 0.29) is 0 Å². The maximum absolute atomic E-state index is 2.52. The minimum Gasteiger partial charge on any atom is -0.371 e. The molecule has 3 rings (SSSR count). The van der Waals surface area contributed by atoms with Gasteiger partial charge >= 0.3 is 0 Å². The van der Waals surface area contributed by atoms with Crippen molar-refractivity contribution in [3.63, 3.8) is 0 Å². The van der Waals surface area contributed by atoms with Crippen LogP contribution in [0.15, 0.2) is 48.5 Å². The third-order valence-corrected chi connectivity index (χ3v) is 3.84. The number of hydrogen-bond acceptors (Lipinski definition) is 1. The van der Waals surface area contributed by atoms with Crippen molar-refractivity contribution in [3.8, 4) is 11.1 Å². The molecule has 0 bridgehead atoms. The molecule has 0 spiro atoms. The Labute approximate surface area is 109 Å². The molecule has 1 nitrogen and oxygen atoms in total. The van der Waals surface area contributed by atoms with Crippen molar-refractivity contribution < 1.29 is 0 Å². The SMILES string of the molecule is Cc1c(-c2ccccc2)cccc1N1CCCC1. The number of benzene rings is 2. The summed E-state index contributed by atoms with van der Waals surface area (Å²) in [5, 5.41) is 0. The maximum atomic E-state index is 2.52. The summed E-state index contributed by atoms with van der Waals surface area (Å²) in [5.74, 6) is 0. The fourth-order valence-corrected chi connectivity index (χ4v) is 2.85. The largest absolute Gasteiger partial charge is 0.371 e. The molecule has 0 radical (unpaired) electrons. The normalized spacial score (nSPS) is 15.1. The molecule has 0 aliphatic carbocycles. The Morgan fingerprint density at radius 1 is 0.833 bits per heavy atom. The van der Waals surface area contributed by atoms with E-state index in [1.54, 1.807) is 0 Å². The topological polar surface area (TPSA) is 3.24 Å². The van der Waals surface area contributed by atoms with Gasteiger partial charge in [-0.05, 0) is 42.5 Å². The van der Waals surface area contributed by atoms with Crippen LogP contribution in [-0.2, 0) is 0 Å². The standard InChI is InChI=1S/C17H19N/c1-14-16(15-8-3-2-4-9-15)10-7-11-17(14)18-12-5-6-13-18/h2-4,7-11H,5-6,12-13H2,1H3. The van der Waals surface area contributed by atoms with Crippen molar-refractivity contribution in [1.29, 1.82) is 0 Å². The van der Waals surface area contributed by atoms with Crippen LogP contribution >= 0.6 is 0 Å². The van der Waals surface area contributed by atoms with Crippen LogP contribution in [0.1, 0.15) is 18.4 Å². The highest BCUT2D eigenvalue weighted by molar-refractivity contribution is 5.74. The van der Waals surface area contributed by atoms with Crippen molar-refractivity contribution in [1.82, 2.24) is 0 Å². The zero-order valence-corrected chi connectivity index (χ0v) is 10.9. The van der Waals surface area contributed by atoms with Gasteiger partial charge in [0, 0.05) is 18.8 Å². The quantitative estimate of drug-likeness (QED) is 0.754. The van der Waals surface area contributed by atoms with Gasteiger partial charge in [-0.15, -0.1) is 0 Å². The van der Waals surface area contributed by atoms with Gasteiger partial charge in [0.2, 0.25) is 0 Å². The molecule has 0 atom stereocenters. The summed E-state index contributed by atoms with van der Waals surface area (Å²) in [7, 11) is 0. The second-order valence-corrected chi connectivity index (χ2v) is 5.01. The summed E-state index contributed by atoms with van der Waals surface area (Å²) in [6.07, 6.45) is 2.66. The molecule has 1 heteroatoms. The Kier molecular flexibility index (Phi) is 3.06. The molecule has 0 saturated carbocycles. The van der Waals surface area contributed by atoms with Gasteiger partial charge in [-0.3, -0.25) is 0 Å². The van der Waals surface area contributed by atoms with Crippen LogP contribution in [0.2, 0.25) is 0 Å². The minimum atomic E-state index is 1.21. The molecule has 0 aromatic heterocycles. The molecule has 1 aliphatic rings.